The highest BCUT2D eigenvalue weighted by Gasteiger charge is 2.22. The molecule has 6 nitrogen and oxygen atoms in total. The average Bonchev–Trinajstić information content (AvgIpc) is 3.22. The normalized spacial score (nSPS) is 13.0. The van der Waals surface area contributed by atoms with E-state index in [1.54, 1.807) is 0 Å². The van der Waals surface area contributed by atoms with E-state index in [0.29, 0.717) is 11.3 Å². The maximum absolute atomic E-state index is 12.9. The Morgan fingerprint density at radius 1 is 0.968 bits per heavy atom. The van der Waals surface area contributed by atoms with E-state index in [4.69, 9.17) is 0 Å². The molecule has 0 unspecified atom stereocenters. The van der Waals surface area contributed by atoms with Crippen molar-refractivity contribution in [1.82, 2.24) is 4.72 Å². The van der Waals surface area contributed by atoms with E-state index in [9.17, 15) is 13.2 Å². The third kappa shape index (κ3) is 4.38. The van der Waals surface area contributed by atoms with Crippen LogP contribution in [0.3, 0.4) is 0 Å². The topological polar surface area (TPSA) is 78.5 Å². The van der Waals surface area contributed by atoms with Gasteiger partial charge < -0.3 is 10.2 Å². The summed E-state index contributed by atoms with van der Waals surface area (Å²) in [5.41, 5.74) is 4.43. The summed E-state index contributed by atoms with van der Waals surface area (Å²) in [7, 11) is -3.63. The Hall–Kier alpha value is -3.42. The van der Waals surface area contributed by atoms with Crippen molar-refractivity contribution in [1.29, 1.82) is 0 Å². The number of amides is 1. The van der Waals surface area contributed by atoms with Crippen molar-refractivity contribution in [2.24, 2.45) is 0 Å². The first-order chi connectivity index (χ1) is 15.0. The lowest BCUT2D eigenvalue weighted by Crippen LogP contribution is -2.23. The van der Waals surface area contributed by atoms with Crippen molar-refractivity contribution >= 4 is 33.0 Å². The van der Waals surface area contributed by atoms with Gasteiger partial charge in [0, 0.05) is 24.3 Å². The highest BCUT2D eigenvalue weighted by Crippen LogP contribution is 2.38. The Bertz CT molecular complexity index is 1220. The van der Waals surface area contributed by atoms with Crippen LogP contribution in [-0.2, 0) is 16.4 Å². The number of rotatable bonds is 7. The predicted molar refractivity (Wildman–Crippen MR) is 123 cm³/mol. The van der Waals surface area contributed by atoms with E-state index < -0.39 is 10.0 Å². The Morgan fingerprint density at radius 3 is 2.39 bits per heavy atom. The summed E-state index contributed by atoms with van der Waals surface area (Å²) in [5, 5.41) is 2.97. The SMILES string of the molecule is C=CCNS(=O)(=O)c1ccc(C(=O)Nc2ccccc2N2CCc3ccccc32)cc1. The largest absolute Gasteiger partial charge is 0.339 e. The van der Waals surface area contributed by atoms with E-state index in [1.165, 1.54) is 35.9 Å². The molecule has 0 spiro atoms. The standard InChI is InChI=1S/C24H23N3O3S/c1-2-16-25-31(29,30)20-13-11-19(12-14-20)24(28)26-21-8-4-6-10-23(21)27-17-15-18-7-3-5-9-22(18)27/h2-14,25H,1,15-17H2,(H,26,28). The van der Waals surface area contributed by atoms with Crippen LogP contribution in [0.4, 0.5) is 17.1 Å². The van der Waals surface area contributed by atoms with Crippen molar-refractivity contribution in [2.45, 2.75) is 11.3 Å². The van der Waals surface area contributed by atoms with Gasteiger partial charge in [-0.2, -0.15) is 0 Å². The van der Waals surface area contributed by atoms with Crippen LogP contribution in [0.5, 0.6) is 0 Å². The van der Waals surface area contributed by atoms with Gasteiger partial charge in [0.05, 0.1) is 16.3 Å². The van der Waals surface area contributed by atoms with Crippen LogP contribution >= 0.6 is 0 Å². The summed E-state index contributed by atoms with van der Waals surface area (Å²) in [6.07, 6.45) is 2.42. The molecular weight excluding hydrogens is 410 g/mol. The summed E-state index contributed by atoms with van der Waals surface area (Å²) in [4.78, 5) is 15.1. The van der Waals surface area contributed by atoms with Crippen LogP contribution in [0.1, 0.15) is 15.9 Å². The number of anilines is 3. The number of hydrogen-bond acceptors (Lipinski definition) is 4. The lowest BCUT2D eigenvalue weighted by molar-refractivity contribution is 0.102. The van der Waals surface area contributed by atoms with Crippen LogP contribution in [0.25, 0.3) is 0 Å². The van der Waals surface area contributed by atoms with E-state index in [-0.39, 0.29) is 17.3 Å². The van der Waals surface area contributed by atoms with Crippen LogP contribution in [0.15, 0.2) is 90.3 Å². The number of fused-ring (bicyclic) bond motifs is 1. The number of nitrogens with zero attached hydrogens (tertiary/aromatic N) is 1. The molecule has 4 rings (SSSR count). The Kier molecular flexibility index (Phi) is 5.88. The molecule has 0 saturated heterocycles. The summed E-state index contributed by atoms with van der Waals surface area (Å²) in [5.74, 6) is -0.303. The predicted octanol–water partition coefficient (Wildman–Crippen LogP) is 4.10. The molecule has 2 N–H and O–H groups in total. The molecule has 3 aromatic carbocycles. The third-order valence-electron chi connectivity index (χ3n) is 5.17. The monoisotopic (exact) mass is 433 g/mol. The summed E-state index contributed by atoms with van der Waals surface area (Å²) >= 11 is 0. The fourth-order valence-electron chi connectivity index (χ4n) is 3.64. The maximum Gasteiger partial charge on any atom is 0.255 e. The fraction of sp³-hybridized carbons (Fsp3) is 0.125. The van der Waals surface area contributed by atoms with Crippen LogP contribution in [0.2, 0.25) is 0 Å². The first-order valence-electron chi connectivity index (χ1n) is 9.96. The molecule has 0 saturated carbocycles. The van der Waals surface area contributed by atoms with Gasteiger partial charge in [-0.3, -0.25) is 4.79 Å². The second kappa shape index (κ2) is 8.75. The van der Waals surface area contributed by atoms with Crippen LogP contribution < -0.4 is 14.9 Å². The highest BCUT2D eigenvalue weighted by molar-refractivity contribution is 7.89. The molecule has 0 aromatic heterocycles. The Labute approximate surface area is 182 Å². The molecule has 7 heteroatoms. The van der Waals surface area contributed by atoms with Crippen LogP contribution in [0, 0.1) is 0 Å². The van der Waals surface area contributed by atoms with Crippen molar-refractivity contribution < 1.29 is 13.2 Å². The zero-order valence-electron chi connectivity index (χ0n) is 16.9. The maximum atomic E-state index is 12.9. The number of carbonyl (C=O) groups excluding carboxylic acids is 1. The highest BCUT2D eigenvalue weighted by atomic mass is 32.2. The average molecular weight is 434 g/mol. The molecule has 1 aliphatic heterocycles. The Morgan fingerprint density at radius 2 is 1.65 bits per heavy atom. The van der Waals surface area contributed by atoms with Gasteiger partial charge in [0.1, 0.15) is 0 Å². The van der Waals surface area contributed by atoms with E-state index in [1.807, 2.05) is 36.4 Å². The minimum absolute atomic E-state index is 0.0972. The molecule has 0 atom stereocenters. The van der Waals surface area contributed by atoms with Gasteiger partial charge in [-0.1, -0.05) is 36.4 Å². The van der Waals surface area contributed by atoms with Crippen molar-refractivity contribution in [2.75, 3.05) is 23.3 Å². The van der Waals surface area contributed by atoms with E-state index in [2.05, 4.69) is 33.7 Å². The zero-order chi connectivity index (χ0) is 21.8. The van der Waals surface area contributed by atoms with Gasteiger partial charge >= 0.3 is 0 Å². The first-order valence-corrected chi connectivity index (χ1v) is 11.4. The molecule has 158 valence electrons. The quantitative estimate of drug-likeness (QED) is 0.550. The molecular formula is C24H23N3O3S. The van der Waals surface area contributed by atoms with E-state index in [0.717, 1.165) is 24.3 Å². The minimum Gasteiger partial charge on any atom is -0.339 e. The second-order valence-corrected chi connectivity index (χ2v) is 8.93. The number of carbonyl (C=O) groups is 1. The number of hydrogen-bond donors (Lipinski definition) is 2. The molecule has 1 heterocycles. The molecule has 0 fully saturated rings. The first kappa shape index (κ1) is 20.8. The third-order valence-corrected chi connectivity index (χ3v) is 6.61. The van der Waals surface area contributed by atoms with Gasteiger partial charge in [-0.05, 0) is 54.4 Å². The van der Waals surface area contributed by atoms with Crippen LogP contribution in [-0.4, -0.2) is 27.4 Å². The molecule has 0 aliphatic carbocycles. The molecule has 1 aliphatic rings. The van der Waals surface area contributed by atoms with E-state index >= 15 is 0 Å². The van der Waals surface area contributed by atoms with Gasteiger partial charge in [0.25, 0.3) is 5.91 Å². The van der Waals surface area contributed by atoms with Gasteiger partial charge in [0.2, 0.25) is 10.0 Å². The molecule has 3 aromatic rings. The lowest BCUT2D eigenvalue weighted by Gasteiger charge is -2.23. The molecule has 31 heavy (non-hydrogen) atoms. The van der Waals surface area contributed by atoms with Gasteiger partial charge in [0.15, 0.2) is 0 Å². The Balaban J connectivity index is 1.55. The number of benzene rings is 3. The lowest BCUT2D eigenvalue weighted by atomic mass is 10.1. The molecule has 0 radical (unpaired) electrons. The number of nitrogens with one attached hydrogen (secondary N) is 2. The van der Waals surface area contributed by atoms with Gasteiger partial charge in [-0.25, -0.2) is 13.1 Å². The molecule has 1 amide bonds. The smallest absolute Gasteiger partial charge is 0.255 e. The van der Waals surface area contributed by atoms with Crippen molar-refractivity contribution in [3.05, 3.63) is 96.6 Å². The summed E-state index contributed by atoms with van der Waals surface area (Å²) in [6.45, 7) is 4.48. The van der Waals surface area contributed by atoms with Crippen molar-refractivity contribution in [3.63, 3.8) is 0 Å². The van der Waals surface area contributed by atoms with Crippen molar-refractivity contribution in [3.8, 4) is 0 Å². The van der Waals surface area contributed by atoms with Gasteiger partial charge in [-0.15, -0.1) is 6.58 Å². The minimum atomic E-state index is -3.63. The zero-order valence-corrected chi connectivity index (χ0v) is 17.7. The fourth-order valence-corrected chi connectivity index (χ4v) is 4.63. The second-order valence-electron chi connectivity index (χ2n) is 7.17. The summed E-state index contributed by atoms with van der Waals surface area (Å²) < 4.78 is 26.8. The summed E-state index contributed by atoms with van der Waals surface area (Å²) in [6, 6.07) is 21.8. The number of para-hydroxylation sites is 3. The molecule has 0 bridgehead atoms. The number of sulfonamides is 1.